The third-order valence-electron chi connectivity index (χ3n) is 4.95. The second kappa shape index (κ2) is 6.68. The van der Waals surface area contributed by atoms with E-state index in [9.17, 15) is 4.79 Å². The van der Waals surface area contributed by atoms with Gasteiger partial charge in [0.2, 0.25) is 5.91 Å². The predicted molar refractivity (Wildman–Crippen MR) is 100 cm³/mol. The highest BCUT2D eigenvalue weighted by molar-refractivity contribution is 5.95. The van der Waals surface area contributed by atoms with Crippen LogP contribution in [0.25, 0.3) is 16.8 Å². The molecule has 3 nitrogen and oxygen atoms in total. The van der Waals surface area contributed by atoms with Gasteiger partial charge in [-0.1, -0.05) is 56.2 Å². The van der Waals surface area contributed by atoms with Gasteiger partial charge < -0.3 is 5.43 Å². The summed E-state index contributed by atoms with van der Waals surface area (Å²) in [5.74, 6) is 0.0153. The fraction of sp³-hybridized carbons (Fsp3) is 0.381. The lowest BCUT2D eigenvalue weighted by Crippen LogP contribution is -2.28. The first-order chi connectivity index (χ1) is 11.5. The molecule has 0 atom stereocenters. The summed E-state index contributed by atoms with van der Waals surface area (Å²) >= 11 is 0. The quantitative estimate of drug-likeness (QED) is 0.792. The summed E-state index contributed by atoms with van der Waals surface area (Å²) in [4.78, 5) is 12.0. The number of rotatable bonds is 5. The standard InChI is InChI=1S/C21H26N2O/c1-4-5-6-9-16-13-12-15-10-7-8-11-17(15)18(16)14-19-21(2,3)20(24)23-22-19/h7-8,10-14,22H,4-6,9H2,1-3H3,(H,23,24)/b19-14-. The van der Waals surface area contributed by atoms with E-state index >= 15 is 0 Å². The molecule has 2 N–H and O–H groups in total. The van der Waals surface area contributed by atoms with Crippen molar-refractivity contribution in [3.63, 3.8) is 0 Å². The van der Waals surface area contributed by atoms with E-state index in [1.165, 1.54) is 41.2 Å². The topological polar surface area (TPSA) is 41.1 Å². The van der Waals surface area contributed by atoms with Crippen LogP contribution in [-0.2, 0) is 11.2 Å². The minimum atomic E-state index is -0.530. The summed E-state index contributed by atoms with van der Waals surface area (Å²) in [6, 6.07) is 12.9. The molecule has 1 amide bonds. The van der Waals surface area contributed by atoms with Gasteiger partial charge in [0.15, 0.2) is 0 Å². The number of carbonyl (C=O) groups is 1. The highest BCUT2D eigenvalue weighted by Crippen LogP contribution is 2.33. The van der Waals surface area contributed by atoms with E-state index in [4.69, 9.17) is 0 Å². The molecule has 3 rings (SSSR count). The van der Waals surface area contributed by atoms with Crippen molar-refractivity contribution in [2.24, 2.45) is 5.41 Å². The molecule has 1 aliphatic rings. The van der Waals surface area contributed by atoms with Crippen molar-refractivity contribution < 1.29 is 4.79 Å². The lowest BCUT2D eigenvalue weighted by atomic mass is 9.87. The first kappa shape index (κ1) is 16.6. The average Bonchev–Trinajstić information content (AvgIpc) is 2.83. The highest BCUT2D eigenvalue weighted by atomic mass is 16.2. The molecule has 1 saturated heterocycles. The number of carbonyl (C=O) groups excluding carboxylic acids is 1. The van der Waals surface area contributed by atoms with Crippen LogP contribution < -0.4 is 10.9 Å². The first-order valence-electron chi connectivity index (χ1n) is 8.83. The van der Waals surface area contributed by atoms with E-state index < -0.39 is 5.41 Å². The summed E-state index contributed by atoms with van der Waals surface area (Å²) in [7, 11) is 0. The minimum Gasteiger partial charge on any atom is -0.302 e. The molecule has 24 heavy (non-hydrogen) atoms. The predicted octanol–water partition coefficient (Wildman–Crippen LogP) is 4.57. The van der Waals surface area contributed by atoms with E-state index in [-0.39, 0.29) is 5.91 Å². The number of aryl methyl sites for hydroxylation is 1. The molecule has 0 unspecified atom stereocenters. The Bertz CT molecular complexity index is 790. The zero-order chi connectivity index (χ0) is 17.2. The van der Waals surface area contributed by atoms with Gasteiger partial charge in [0.25, 0.3) is 0 Å². The Morgan fingerprint density at radius 1 is 1.04 bits per heavy atom. The molecule has 3 heteroatoms. The fourth-order valence-electron chi connectivity index (χ4n) is 3.21. The Hall–Kier alpha value is -2.29. The summed E-state index contributed by atoms with van der Waals surface area (Å²) in [6.45, 7) is 6.14. The number of nitrogens with one attached hydrogen (secondary N) is 2. The molecule has 0 bridgehead atoms. The van der Waals surface area contributed by atoms with Crippen LogP contribution in [0.3, 0.4) is 0 Å². The van der Waals surface area contributed by atoms with Gasteiger partial charge in [-0.3, -0.25) is 10.2 Å². The van der Waals surface area contributed by atoms with Crippen LogP contribution in [0, 0.1) is 5.41 Å². The molecule has 126 valence electrons. The van der Waals surface area contributed by atoms with Crippen LogP contribution in [-0.4, -0.2) is 5.91 Å². The fourth-order valence-corrected chi connectivity index (χ4v) is 3.21. The molecule has 1 aliphatic heterocycles. The number of amides is 1. The van der Waals surface area contributed by atoms with E-state index in [0.29, 0.717) is 0 Å². The van der Waals surface area contributed by atoms with Crippen LogP contribution in [0.5, 0.6) is 0 Å². The average molecular weight is 322 g/mol. The van der Waals surface area contributed by atoms with Crippen molar-refractivity contribution in [2.45, 2.75) is 46.5 Å². The molecule has 0 radical (unpaired) electrons. The monoisotopic (exact) mass is 322 g/mol. The Labute approximate surface area is 144 Å². The molecule has 1 heterocycles. The number of unbranched alkanes of at least 4 members (excludes halogenated alkanes) is 2. The van der Waals surface area contributed by atoms with Crippen molar-refractivity contribution in [1.82, 2.24) is 10.9 Å². The van der Waals surface area contributed by atoms with Gasteiger partial charge in [0.1, 0.15) is 0 Å². The molecule has 0 saturated carbocycles. The van der Waals surface area contributed by atoms with Crippen LogP contribution in [0.1, 0.15) is 51.2 Å². The number of hydrogen-bond donors (Lipinski definition) is 2. The maximum Gasteiger partial charge on any atom is 0.249 e. The van der Waals surface area contributed by atoms with E-state index in [0.717, 1.165) is 12.1 Å². The lowest BCUT2D eigenvalue weighted by molar-refractivity contribution is -0.125. The molecule has 0 aromatic heterocycles. The van der Waals surface area contributed by atoms with Crippen molar-refractivity contribution >= 4 is 22.8 Å². The molecule has 0 spiro atoms. The zero-order valence-corrected chi connectivity index (χ0v) is 14.8. The van der Waals surface area contributed by atoms with Crippen LogP contribution in [0.2, 0.25) is 0 Å². The Morgan fingerprint density at radius 2 is 1.83 bits per heavy atom. The summed E-state index contributed by atoms with van der Waals surface area (Å²) in [5, 5.41) is 2.48. The molecular weight excluding hydrogens is 296 g/mol. The summed E-state index contributed by atoms with van der Waals surface area (Å²) in [6.07, 6.45) is 6.88. The molecule has 2 aromatic rings. The Kier molecular flexibility index (Phi) is 4.61. The normalized spacial score (nSPS) is 18.0. The maximum atomic E-state index is 12.0. The zero-order valence-electron chi connectivity index (χ0n) is 14.8. The smallest absolute Gasteiger partial charge is 0.249 e. The second-order valence-corrected chi connectivity index (χ2v) is 7.08. The Balaban J connectivity index is 2.10. The maximum absolute atomic E-state index is 12.0. The van der Waals surface area contributed by atoms with E-state index in [1.807, 2.05) is 13.8 Å². The Morgan fingerprint density at radius 3 is 2.54 bits per heavy atom. The van der Waals surface area contributed by atoms with Crippen molar-refractivity contribution in [2.75, 3.05) is 0 Å². The van der Waals surface area contributed by atoms with Gasteiger partial charge in [-0.25, -0.2) is 0 Å². The molecule has 1 fully saturated rings. The van der Waals surface area contributed by atoms with Crippen molar-refractivity contribution in [3.05, 3.63) is 53.2 Å². The number of fused-ring (bicyclic) bond motifs is 1. The van der Waals surface area contributed by atoms with Crippen molar-refractivity contribution in [1.29, 1.82) is 0 Å². The third-order valence-corrected chi connectivity index (χ3v) is 4.95. The third kappa shape index (κ3) is 3.03. The van der Waals surface area contributed by atoms with Gasteiger partial charge in [-0.2, -0.15) is 0 Å². The van der Waals surface area contributed by atoms with Gasteiger partial charge >= 0.3 is 0 Å². The lowest BCUT2D eigenvalue weighted by Gasteiger charge is -2.17. The van der Waals surface area contributed by atoms with E-state index in [1.54, 1.807) is 0 Å². The van der Waals surface area contributed by atoms with Gasteiger partial charge in [-0.05, 0) is 54.7 Å². The molecule has 0 aliphatic carbocycles. The number of hydrazine groups is 1. The first-order valence-corrected chi connectivity index (χ1v) is 8.83. The van der Waals surface area contributed by atoms with Crippen molar-refractivity contribution in [3.8, 4) is 0 Å². The van der Waals surface area contributed by atoms with Gasteiger partial charge in [-0.15, -0.1) is 0 Å². The highest BCUT2D eigenvalue weighted by Gasteiger charge is 2.38. The van der Waals surface area contributed by atoms with Crippen LogP contribution in [0.4, 0.5) is 0 Å². The minimum absolute atomic E-state index is 0.0153. The largest absolute Gasteiger partial charge is 0.302 e. The summed E-state index contributed by atoms with van der Waals surface area (Å²) in [5.41, 5.74) is 8.80. The van der Waals surface area contributed by atoms with E-state index in [2.05, 4.69) is 60.2 Å². The van der Waals surface area contributed by atoms with Gasteiger partial charge in [0, 0.05) is 5.70 Å². The van der Waals surface area contributed by atoms with Gasteiger partial charge in [0.05, 0.1) is 5.41 Å². The summed E-state index contributed by atoms with van der Waals surface area (Å²) < 4.78 is 0. The second-order valence-electron chi connectivity index (χ2n) is 7.08. The molecular formula is C21H26N2O. The number of hydrogen-bond acceptors (Lipinski definition) is 2. The number of benzene rings is 2. The van der Waals surface area contributed by atoms with Crippen LogP contribution >= 0.6 is 0 Å². The SMILES string of the molecule is CCCCCc1ccc2ccccc2c1/C=C1\NNC(=O)C1(C)C. The van der Waals surface area contributed by atoms with Crippen LogP contribution in [0.15, 0.2) is 42.1 Å². The molecule has 2 aromatic carbocycles.